The van der Waals surface area contributed by atoms with Crippen molar-refractivity contribution in [3.05, 3.63) is 52.6 Å². The van der Waals surface area contributed by atoms with Crippen molar-refractivity contribution in [3.8, 4) is 0 Å². The SMILES string of the molecule is CN(Cc1ccc(Cl)c(F)c1)c1ccc2nnc(C3CC3)n2n1. The largest absolute Gasteiger partial charge is 0.354 e. The molecule has 0 radical (unpaired) electrons. The number of fused-ring (bicyclic) bond motifs is 1. The summed E-state index contributed by atoms with van der Waals surface area (Å²) >= 11 is 5.72. The van der Waals surface area contributed by atoms with Gasteiger partial charge in [0, 0.05) is 19.5 Å². The molecule has 0 saturated heterocycles. The number of rotatable bonds is 4. The number of halogens is 2. The fourth-order valence-electron chi connectivity index (χ4n) is 2.59. The molecule has 1 aliphatic carbocycles. The lowest BCUT2D eigenvalue weighted by molar-refractivity contribution is 0.625. The van der Waals surface area contributed by atoms with Gasteiger partial charge in [-0.1, -0.05) is 17.7 Å². The number of hydrogen-bond donors (Lipinski definition) is 0. The summed E-state index contributed by atoms with van der Waals surface area (Å²) in [5.41, 5.74) is 1.59. The lowest BCUT2D eigenvalue weighted by Gasteiger charge is -2.18. The Kier molecular flexibility index (Phi) is 3.41. The van der Waals surface area contributed by atoms with E-state index >= 15 is 0 Å². The van der Waals surface area contributed by atoms with Gasteiger partial charge in [0.25, 0.3) is 0 Å². The van der Waals surface area contributed by atoms with Crippen molar-refractivity contribution < 1.29 is 4.39 Å². The van der Waals surface area contributed by atoms with Gasteiger partial charge < -0.3 is 4.90 Å². The van der Waals surface area contributed by atoms with E-state index in [1.54, 1.807) is 6.07 Å². The Balaban J connectivity index is 1.62. The molecule has 3 aromatic rings. The van der Waals surface area contributed by atoms with E-state index in [1.807, 2.05) is 34.7 Å². The first-order chi connectivity index (χ1) is 11.1. The van der Waals surface area contributed by atoms with Crippen molar-refractivity contribution in [1.82, 2.24) is 19.8 Å². The van der Waals surface area contributed by atoms with Crippen molar-refractivity contribution in [2.24, 2.45) is 0 Å². The number of hydrogen-bond acceptors (Lipinski definition) is 4. The second-order valence-corrected chi connectivity index (χ2v) is 6.31. The Bertz CT molecular complexity index is 874. The Hall–Kier alpha value is -2.21. The van der Waals surface area contributed by atoms with Gasteiger partial charge in [0.1, 0.15) is 11.6 Å². The van der Waals surface area contributed by atoms with Crippen LogP contribution in [0.15, 0.2) is 30.3 Å². The monoisotopic (exact) mass is 331 g/mol. The summed E-state index contributed by atoms with van der Waals surface area (Å²) < 4.78 is 15.4. The van der Waals surface area contributed by atoms with Crippen molar-refractivity contribution in [2.75, 3.05) is 11.9 Å². The Morgan fingerprint density at radius 1 is 1.26 bits per heavy atom. The molecule has 118 valence electrons. The zero-order valence-electron chi connectivity index (χ0n) is 12.6. The van der Waals surface area contributed by atoms with Crippen LogP contribution >= 0.6 is 11.6 Å². The van der Waals surface area contributed by atoms with Crippen LogP contribution in [-0.4, -0.2) is 26.9 Å². The highest BCUT2D eigenvalue weighted by Gasteiger charge is 2.29. The highest BCUT2D eigenvalue weighted by atomic mass is 35.5. The standard InChI is InChI=1S/C16H15ClFN5/c1-22(9-10-2-5-12(17)13(18)8-10)15-7-6-14-19-20-16(11-3-4-11)23(14)21-15/h2,5-8,11H,3-4,9H2,1H3. The summed E-state index contributed by atoms with van der Waals surface area (Å²) in [5, 5.41) is 13.1. The molecule has 5 nitrogen and oxygen atoms in total. The molecule has 0 bridgehead atoms. The quantitative estimate of drug-likeness (QED) is 0.735. The van der Waals surface area contributed by atoms with E-state index in [0.717, 1.165) is 35.7 Å². The third-order valence-corrected chi connectivity index (χ3v) is 4.32. The van der Waals surface area contributed by atoms with Gasteiger partial charge in [-0.15, -0.1) is 15.3 Å². The molecule has 0 aliphatic heterocycles. The third kappa shape index (κ3) is 2.74. The highest BCUT2D eigenvalue weighted by Crippen LogP contribution is 2.38. The molecule has 0 spiro atoms. The first-order valence-electron chi connectivity index (χ1n) is 7.49. The van der Waals surface area contributed by atoms with Crippen LogP contribution in [0, 0.1) is 5.82 Å². The molecule has 23 heavy (non-hydrogen) atoms. The second-order valence-electron chi connectivity index (χ2n) is 5.90. The molecule has 1 saturated carbocycles. The zero-order chi connectivity index (χ0) is 16.0. The summed E-state index contributed by atoms with van der Waals surface area (Å²) in [5.74, 6) is 1.78. The molecule has 1 fully saturated rings. The summed E-state index contributed by atoms with van der Waals surface area (Å²) in [6.45, 7) is 0.535. The van der Waals surface area contributed by atoms with E-state index in [2.05, 4.69) is 15.3 Å². The van der Waals surface area contributed by atoms with Crippen LogP contribution in [-0.2, 0) is 6.54 Å². The van der Waals surface area contributed by atoms with Crippen LogP contribution in [0.3, 0.4) is 0 Å². The molecule has 1 aromatic carbocycles. The Labute approximate surface area is 137 Å². The molecular formula is C16H15ClFN5. The molecule has 0 N–H and O–H groups in total. The van der Waals surface area contributed by atoms with Gasteiger partial charge in [0.15, 0.2) is 11.5 Å². The minimum atomic E-state index is -0.407. The predicted octanol–water partition coefficient (Wildman–Crippen LogP) is 3.43. The maximum atomic E-state index is 13.6. The highest BCUT2D eigenvalue weighted by molar-refractivity contribution is 6.30. The second kappa shape index (κ2) is 5.45. The van der Waals surface area contributed by atoms with Gasteiger partial charge >= 0.3 is 0 Å². The van der Waals surface area contributed by atoms with E-state index in [0.29, 0.717) is 12.5 Å². The molecule has 1 aliphatic rings. The van der Waals surface area contributed by atoms with Crippen LogP contribution in [0.5, 0.6) is 0 Å². The van der Waals surface area contributed by atoms with Gasteiger partial charge in [-0.25, -0.2) is 4.39 Å². The van der Waals surface area contributed by atoms with E-state index in [4.69, 9.17) is 11.6 Å². The first-order valence-corrected chi connectivity index (χ1v) is 7.87. The maximum Gasteiger partial charge on any atom is 0.178 e. The van der Waals surface area contributed by atoms with Crippen LogP contribution in [0.4, 0.5) is 10.2 Å². The Morgan fingerprint density at radius 2 is 2.09 bits per heavy atom. The third-order valence-electron chi connectivity index (χ3n) is 4.01. The molecule has 0 amide bonds. The molecule has 7 heteroatoms. The lowest BCUT2D eigenvalue weighted by atomic mass is 10.2. The average Bonchev–Trinajstić information content (AvgIpc) is 3.30. The fraction of sp³-hybridized carbons (Fsp3) is 0.312. The van der Waals surface area contributed by atoms with Crippen LogP contribution in [0.25, 0.3) is 5.65 Å². The number of anilines is 1. The van der Waals surface area contributed by atoms with Crippen molar-refractivity contribution in [1.29, 1.82) is 0 Å². The van der Waals surface area contributed by atoms with E-state index in [9.17, 15) is 4.39 Å². The molecule has 2 heterocycles. The smallest absolute Gasteiger partial charge is 0.178 e. The van der Waals surface area contributed by atoms with Gasteiger partial charge in [0.05, 0.1) is 5.02 Å². The average molecular weight is 332 g/mol. The van der Waals surface area contributed by atoms with Gasteiger partial charge in [-0.05, 0) is 42.7 Å². The van der Waals surface area contributed by atoms with Crippen molar-refractivity contribution in [2.45, 2.75) is 25.3 Å². The van der Waals surface area contributed by atoms with E-state index < -0.39 is 5.82 Å². The minimum Gasteiger partial charge on any atom is -0.354 e. The fourth-order valence-corrected chi connectivity index (χ4v) is 2.71. The van der Waals surface area contributed by atoms with E-state index in [1.165, 1.54) is 6.07 Å². The topological polar surface area (TPSA) is 46.3 Å². The Morgan fingerprint density at radius 3 is 2.83 bits per heavy atom. The molecular weight excluding hydrogens is 317 g/mol. The zero-order valence-corrected chi connectivity index (χ0v) is 13.3. The van der Waals surface area contributed by atoms with Crippen LogP contribution in [0.2, 0.25) is 5.02 Å². The number of nitrogens with zero attached hydrogens (tertiary/aromatic N) is 5. The van der Waals surface area contributed by atoms with Crippen LogP contribution < -0.4 is 4.90 Å². The molecule has 2 aromatic heterocycles. The van der Waals surface area contributed by atoms with Gasteiger partial charge in [-0.2, -0.15) is 4.52 Å². The first kappa shape index (κ1) is 14.4. The van der Waals surface area contributed by atoms with Crippen molar-refractivity contribution in [3.63, 3.8) is 0 Å². The van der Waals surface area contributed by atoms with Gasteiger partial charge in [0.2, 0.25) is 0 Å². The van der Waals surface area contributed by atoms with E-state index in [-0.39, 0.29) is 5.02 Å². The lowest BCUT2D eigenvalue weighted by Crippen LogP contribution is -2.19. The maximum absolute atomic E-state index is 13.6. The number of aromatic nitrogens is 4. The van der Waals surface area contributed by atoms with Crippen molar-refractivity contribution >= 4 is 23.1 Å². The molecule has 4 rings (SSSR count). The summed E-state index contributed by atoms with van der Waals surface area (Å²) in [6.07, 6.45) is 2.29. The molecule has 0 atom stereocenters. The summed E-state index contributed by atoms with van der Waals surface area (Å²) in [7, 11) is 1.92. The summed E-state index contributed by atoms with van der Waals surface area (Å²) in [6, 6.07) is 8.63. The normalized spacial score (nSPS) is 14.4. The molecule has 0 unspecified atom stereocenters. The minimum absolute atomic E-state index is 0.134. The summed E-state index contributed by atoms with van der Waals surface area (Å²) in [4.78, 5) is 1.96. The van der Waals surface area contributed by atoms with Gasteiger partial charge in [-0.3, -0.25) is 0 Å². The van der Waals surface area contributed by atoms with Crippen LogP contribution in [0.1, 0.15) is 30.1 Å². The number of benzene rings is 1. The predicted molar refractivity (Wildman–Crippen MR) is 86.3 cm³/mol.